The monoisotopic (exact) mass is 409 g/mol. The predicted octanol–water partition coefficient (Wildman–Crippen LogP) is 2.82. The number of nitrogens with one attached hydrogen (secondary N) is 1. The summed E-state index contributed by atoms with van der Waals surface area (Å²) in [7, 11) is 1.67. The lowest BCUT2D eigenvalue weighted by atomic mass is 9.97. The minimum atomic E-state index is -0.179. The fourth-order valence-electron chi connectivity index (χ4n) is 3.91. The summed E-state index contributed by atoms with van der Waals surface area (Å²) in [5, 5.41) is 11.3. The van der Waals surface area contributed by atoms with Crippen molar-refractivity contribution in [1.29, 1.82) is 0 Å². The molecule has 0 spiro atoms. The molecule has 0 saturated carbocycles. The number of benzene rings is 1. The lowest BCUT2D eigenvalue weighted by molar-refractivity contribution is 0.0921. The number of hydrogen-bond acceptors (Lipinski definition) is 6. The Balaban J connectivity index is 1.32. The number of carbonyl (C=O) groups excluding carboxylic acids is 1. The summed E-state index contributed by atoms with van der Waals surface area (Å²) in [6, 6.07) is 9.50. The highest BCUT2D eigenvalue weighted by atomic mass is 16.5. The van der Waals surface area contributed by atoms with Crippen LogP contribution in [0.25, 0.3) is 5.69 Å². The van der Waals surface area contributed by atoms with E-state index in [0.717, 1.165) is 49.5 Å². The van der Waals surface area contributed by atoms with Crippen molar-refractivity contribution in [2.75, 3.05) is 26.7 Å². The molecule has 8 nitrogen and oxygen atoms in total. The number of amides is 1. The van der Waals surface area contributed by atoms with Crippen molar-refractivity contribution >= 4 is 5.91 Å². The Morgan fingerprint density at radius 2 is 2.23 bits per heavy atom. The third kappa shape index (κ3) is 4.71. The topological polar surface area (TPSA) is 85.4 Å². The second-order valence-corrected chi connectivity index (χ2v) is 7.74. The number of hydrogen-bond donors (Lipinski definition) is 1. The third-order valence-electron chi connectivity index (χ3n) is 5.39. The van der Waals surface area contributed by atoms with Crippen molar-refractivity contribution in [3.63, 3.8) is 0 Å². The number of piperidine rings is 1. The van der Waals surface area contributed by atoms with Crippen LogP contribution >= 0.6 is 0 Å². The molecule has 1 aliphatic rings. The minimum absolute atomic E-state index is 0.179. The molecule has 1 N–H and O–H groups in total. The van der Waals surface area contributed by atoms with E-state index in [1.807, 2.05) is 35.1 Å². The molecule has 1 aliphatic heterocycles. The second-order valence-electron chi connectivity index (χ2n) is 7.74. The number of methoxy groups -OCH3 is 1. The van der Waals surface area contributed by atoms with E-state index in [1.165, 1.54) is 0 Å². The van der Waals surface area contributed by atoms with Crippen molar-refractivity contribution in [3.8, 4) is 11.4 Å². The number of nitrogens with zero attached hydrogens (tertiary/aromatic N) is 4. The van der Waals surface area contributed by atoms with Crippen molar-refractivity contribution in [2.24, 2.45) is 5.92 Å². The first-order chi connectivity index (χ1) is 14.6. The second kappa shape index (κ2) is 9.13. The molecule has 0 bridgehead atoms. The quantitative estimate of drug-likeness (QED) is 0.646. The summed E-state index contributed by atoms with van der Waals surface area (Å²) >= 11 is 0. The van der Waals surface area contributed by atoms with Gasteiger partial charge in [-0.2, -0.15) is 5.10 Å². The van der Waals surface area contributed by atoms with Crippen molar-refractivity contribution in [1.82, 2.24) is 25.2 Å². The SMILES string of the molecule is COc1ccccc1-n1cc(CN2CCC[C@@H](CNC(=O)c3cc(C)on3)C2)cn1. The highest BCUT2D eigenvalue weighted by Gasteiger charge is 2.22. The lowest BCUT2D eigenvalue weighted by Gasteiger charge is -2.32. The van der Waals surface area contributed by atoms with Crippen LogP contribution in [0.1, 0.15) is 34.7 Å². The fourth-order valence-corrected chi connectivity index (χ4v) is 3.91. The maximum absolute atomic E-state index is 12.2. The van der Waals surface area contributed by atoms with E-state index < -0.39 is 0 Å². The number of para-hydroxylation sites is 2. The Morgan fingerprint density at radius 1 is 1.37 bits per heavy atom. The van der Waals surface area contributed by atoms with Gasteiger partial charge in [0.25, 0.3) is 5.91 Å². The Kier molecular flexibility index (Phi) is 6.13. The van der Waals surface area contributed by atoms with Crippen LogP contribution in [-0.2, 0) is 6.54 Å². The summed E-state index contributed by atoms with van der Waals surface area (Å²) in [5.41, 5.74) is 2.42. The summed E-state index contributed by atoms with van der Waals surface area (Å²) in [5.74, 6) is 1.67. The van der Waals surface area contributed by atoms with Gasteiger partial charge in [0, 0.05) is 37.5 Å². The van der Waals surface area contributed by atoms with Gasteiger partial charge in [-0.05, 0) is 44.4 Å². The first kappa shape index (κ1) is 20.2. The highest BCUT2D eigenvalue weighted by molar-refractivity contribution is 5.92. The maximum atomic E-state index is 12.2. The van der Waals surface area contributed by atoms with Crippen molar-refractivity contribution in [3.05, 3.63) is 59.7 Å². The predicted molar refractivity (Wildman–Crippen MR) is 112 cm³/mol. The number of aromatic nitrogens is 3. The molecule has 1 saturated heterocycles. The normalized spacial score (nSPS) is 17.1. The van der Waals surface area contributed by atoms with Gasteiger partial charge in [-0.25, -0.2) is 4.68 Å². The molecule has 30 heavy (non-hydrogen) atoms. The first-order valence-electron chi connectivity index (χ1n) is 10.2. The van der Waals surface area contributed by atoms with Crippen LogP contribution in [0, 0.1) is 12.8 Å². The van der Waals surface area contributed by atoms with E-state index in [4.69, 9.17) is 9.26 Å². The molecule has 0 aliphatic carbocycles. The maximum Gasteiger partial charge on any atom is 0.273 e. The summed E-state index contributed by atoms with van der Waals surface area (Å²) < 4.78 is 12.3. The number of likely N-dealkylation sites (tertiary alicyclic amines) is 1. The molecule has 0 unspecified atom stereocenters. The van der Waals surface area contributed by atoms with Gasteiger partial charge >= 0.3 is 0 Å². The Labute approximate surface area is 175 Å². The van der Waals surface area contributed by atoms with Crippen LogP contribution in [0.3, 0.4) is 0 Å². The first-order valence-corrected chi connectivity index (χ1v) is 10.2. The molecule has 1 aromatic carbocycles. The fraction of sp³-hybridized carbons (Fsp3) is 0.409. The highest BCUT2D eigenvalue weighted by Crippen LogP contribution is 2.23. The van der Waals surface area contributed by atoms with Crippen LogP contribution in [0.15, 0.2) is 47.2 Å². The largest absolute Gasteiger partial charge is 0.494 e. The van der Waals surface area contributed by atoms with Gasteiger partial charge in [-0.1, -0.05) is 17.3 Å². The van der Waals surface area contributed by atoms with Crippen LogP contribution < -0.4 is 10.1 Å². The molecule has 1 atom stereocenters. The smallest absolute Gasteiger partial charge is 0.273 e. The molecular weight excluding hydrogens is 382 g/mol. The Hall–Kier alpha value is -3.13. The molecule has 0 radical (unpaired) electrons. The summed E-state index contributed by atoms with van der Waals surface area (Å²) in [6.07, 6.45) is 6.18. The lowest BCUT2D eigenvalue weighted by Crippen LogP contribution is -2.40. The Bertz CT molecular complexity index is 996. The van der Waals surface area contributed by atoms with Crippen molar-refractivity contribution in [2.45, 2.75) is 26.3 Å². The van der Waals surface area contributed by atoms with E-state index in [-0.39, 0.29) is 5.91 Å². The van der Waals surface area contributed by atoms with E-state index in [2.05, 4.69) is 26.7 Å². The van der Waals surface area contributed by atoms with E-state index >= 15 is 0 Å². The molecule has 1 amide bonds. The number of ether oxygens (including phenoxy) is 1. The average Bonchev–Trinajstić information content (AvgIpc) is 3.41. The molecule has 1 fully saturated rings. The van der Waals surface area contributed by atoms with E-state index in [0.29, 0.717) is 23.9 Å². The molecule has 158 valence electrons. The molecule has 8 heteroatoms. The molecule has 3 aromatic rings. The molecule has 2 aromatic heterocycles. The van der Waals surface area contributed by atoms with Gasteiger partial charge in [0.1, 0.15) is 17.2 Å². The van der Waals surface area contributed by atoms with Gasteiger partial charge in [0.2, 0.25) is 0 Å². The van der Waals surface area contributed by atoms with Crippen LogP contribution in [0.5, 0.6) is 5.75 Å². The zero-order valence-electron chi connectivity index (χ0n) is 17.4. The van der Waals surface area contributed by atoms with E-state index in [1.54, 1.807) is 20.1 Å². The van der Waals surface area contributed by atoms with Gasteiger partial charge in [0.05, 0.1) is 13.3 Å². The van der Waals surface area contributed by atoms with E-state index in [9.17, 15) is 4.79 Å². The number of carbonyl (C=O) groups is 1. The van der Waals surface area contributed by atoms with Gasteiger partial charge in [0.15, 0.2) is 5.69 Å². The zero-order chi connectivity index (χ0) is 20.9. The average molecular weight is 409 g/mol. The summed E-state index contributed by atoms with van der Waals surface area (Å²) in [4.78, 5) is 14.6. The molecule has 4 rings (SSSR count). The van der Waals surface area contributed by atoms with Crippen LogP contribution in [0.2, 0.25) is 0 Å². The minimum Gasteiger partial charge on any atom is -0.494 e. The van der Waals surface area contributed by atoms with Gasteiger partial charge in [-0.15, -0.1) is 0 Å². The van der Waals surface area contributed by atoms with Gasteiger partial charge in [-0.3, -0.25) is 9.69 Å². The molecular formula is C22H27N5O3. The molecule has 3 heterocycles. The standard InChI is InChI=1S/C22H27N5O3/c1-16-10-19(25-30-16)22(28)23-11-17-6-5-9-26(13-17)14-18-12-24-27(15-18)20-7-3-4-8-21(20)29-2/h3-4,7-8,10,12,15,17H,5-6,9,11,13-14H2,1-2H3,(H,23,28)/t17-/m0/s1. The third-order valence-corrected chi connectivity index (χ3v) is 5.39. The number of rotatable bonds is 7. The number of aryl methyl sites for hydroxylation is 1. The van der Waals surface area contributed by atoms with Crippen LogP contribution in [-0.4, -0.2) is 52.5 Å². The Morgan fingerprint density at radius 3 is 3.03 bits per heavy atom. The zero-order valence-corrected chi connectivity index (χ0v) is 17.4. The van der Waals surface area contributed by atoms with Crippen LogP contribution in [0.4, 0.5) is 0 Å². The van der Waals surface area contributed by atoms with Gasteiger partial charge < -0.3 is 14.6 Å². The van der Waals surface area contributed by atoms with Crippen molar-refractivity contribution < 1.29 is 14.1 Å². The summed E-state index contributed by atoms with van der Waals surface area (Å²) in [6.45, 7) is 5.24.